The number of aryl methyl sites for hydroxylation is 1. The van der Waals surface area contributed by atoms with Gasteiger partial charge in [-0.25, -0.2) is 4.79 Å². The highest BCUT2D eigenvalue weighted by Gasteiger charge is 2.33. The van der Waals surface area contributed by atoms with Gasteiger partial charge < -0.3 is 5.32 Å². The van der Waals surface area contributed by atoms with Crippen molar-refractivity contribution in [1.82, 2.24) is 10.2 Å². The summed E-state index contributed by atoms with van der Waals surface area (Å²) < 4.78 is 38.2. The minimum Gasteiger partial charge on any atom is -0.307 e. The zero-order valence-electron chi connectivity index (χ0n) is 10.4. The molecular formula is C12H11F3N4O. The number of hydrogen-bond donors (Lipinski definition) is 3. The minimum atomic E-state index is -4.53. The smallest absolute Gasteiger partial charge is 0.307 e. The SMILES string of the molecule is Cc1cc(NC(=O)Nc2ccccc2C(F)(F)F)n[nH]1. The molecule has 106 valence electrons. The van der Waals surface area contributed by atoms with E-state index < -0.39 is 17.8 Å². The van der Waals surface area contributed by atoms with E-state index >= 15 is 0 Å². The van der Waals surface area contributed by atoms with Crippen molar-refractivity contribution in [2.45, 2.75) is 13.1 Å². The van der Waals surface area contributed by atoms with E-state index in [-0.39, 0.29) is 11.5 Å². The van der Waals surface area contributed by atoms with Gasteiger partial charge in [0.15, 0.2) is 5.82 Å². The Morgan fingerprint density at radius 1 is 1.25 bits per heavy atom. The molecule has 2 rings (SSSR count). The van der Waals surface area contributed by atoms with E-state index in [2.05, 4.69) is 20.8 Å². The topological polar surface area (TPSA) is 69.8 Å². The predicted octanol–water partition coefficient (Wildman–Crippen LogP) is 3.38. The Balaban J connectivity index is 2.12. The largest absolute Gasteiger partial charge is 0.418 e. The molecule has 0 aliphatic rings. The maximum absolute atomic E-state index is 12.7. The molecule has 0 saturated carbocycles. The fraction of sp³-hybridized carbons (Fsp3) is 0.167. The van der Waals surface area contributed by atoms with Crippen LogP contribution in [-0.2, 0) is 6.18 Å². The molecular weight excluding hydrogens is 273 g/mol. The predicted molar refractivity (Wildman–Crippen MR) is 67.4 cm³/mol. The van der Waals surface area contributed by atoms with Crippen molar-refractivity contribution in [1.29, 1.82) is 0 Å². The summed E-state index contributed by atoms with van der Waals surface area (Å²) in [6, 6.07) is 5.49. The Kier molecular flexibility index (Phi) is 3.64. The quantitative estimate of drug-likeness (QED) is 0.791. The second kappa shape index (κ2) is 5.24. The molecule has 0 spiro atoms. The number of aromatic nitrogens is 2. The number of H-pyrrole nitrogens is 1. The fourth-order valence-electron chi connectivity index (χ4n) is 1.59. The van der Waals surface area contributed by atoms with E-state index in [1.807, 2.05) is 0 Å². The van der Waals surface area contributed by atoms with Gasteiger partial charge in [0.1, 0.15) is 0 Å². The Morgan fingerprint density at radius 3 is 2.55 bits per heavy atom. The number of carbonyl (C=O) groups excluding carboxylic acids is 1. The van der Waals surface area contributed by atoms with Crippen LogP contribution in [0.4, 0.5) is 29.5 Å². The van der Waals surface area contributed by atoms with Gasteiger partial charge in [-0.3, -0.25) is 10.4 Å². The Hall–Kier alpha value is -2.51. The number of hydrogen-bond acceptors (Lipinski definition) is 2. The lowest BCUT2D eigenvalue weighted by Gasteiger charge is -2.13. The van der Waals surface area contributed by atoms with Gasteiger partial charge >= 0.3 is 12.2 Å². The molecule has 5 nitrogen and oxygen atoms in total. The first-order chi connectivity index (χ1) is 9.36. The van der Waals surface area contributed by atoms with E-state index in [1.54, 1.807) is 13.0 Å². The summed E-state index contributed by atoms with van der Waals surface area (Å²) in [6.07, 6.45) is -4.53. The maximum Gasteiger partial charge on any atom is 0.418 e. The standard InChI is InChI=1S/C12H11F3N4O/c1-7-6-10(19-18-7)17-11(20)16-9-5-3-2-4-8(9)12(13,14)15/h2-6H,1H3,(H3,16,17,18,19,20). The molecule has 0 aliphatic heterocycles. The molecule has 20 heavy (non-hydrogen) atoms. The number of halogens is 3. The summed E-state index contributed by atoms with van der Waals surface area (Å²) in [4.78, 5) is 11.6. The van der Waals surface area contributed by atoms with Gasteiger partial charge in [0.25, 0.3) is 0 Å². The molecule has 8 heteroatoms. The monoisotopic (exact) mass is 284 g/mol. The van der Waals surface area contributed by atoms with Crippen LogP contribution in [0.25, 0.3) is 0 Å². The van der Waals surface area contributed by atoms with Crippen LogP contribution in [-0.4, -0.2) is 16.2 Å². The molecule has 0 atom stereocenters. The third-order valence-electron chi connectivity index (χ3n) is 2.43. The molecule has 0 saturated heterocycles. The van der Waals surface area contributed by atoms with Crippen LogP contribution in [0.1, 0.15) is 11.3 Å². The summed E-state index contributed by atoms with van der Waals surface area (Å²) in [6.45, 7) is 1.73. The van der Waals surface area contributed by atoms with Crippen LogP contribution in [0.2, 0.25) is 0 Å². The average Bonchev–Trinajstić information content (AvgIpc) is 2.73. The number of urea groups is 1. The number of alkyl halides is 3. The molecule has 0 fully saturated rings. The molecule has 0 aliphatic carbocycles. The third kappa shape index (κ3) is 3.28. The van der Waals surface area contributed by atoms with E-state index in [0.29, 0.717) is 0 Å². The highest BCUT2D eigenvalue weighted by Crippen LogP contribution is 2.34. The lowest BCUT2D eigenvalue weighted by Crippen LogP contribution is -2.22. The van der Waals surface area contributed by atoms with Crippen LogP contribution in [0.3, 0.4) is 0 Å². The molecule has 0 bridgehead atoms. The van der Waals surface area contributed by atoms with E-state index in [0.717, 1.165) is 11.8 Å². The number of para-hydroxylation sites is 1. The van der Waals surface area contributed by atoms with Gasteiger partial charge in [-0.15, -0.1) is 0 Å². The van der Waals surface area contributed by atoms with E-state index in [4.69, 9.17) is 0 Å². The summed E-state index contributed by atoms with van der Waals surface area (Å²) >= 11 is 0. The summed E-state index contributed by atoms with van der Waals surface area (Å²) in [7, 11) is 0. The fourth-order valence-corrected chi connectivity index (χ4v) is 1.59. The number of rotatable bonds is 2. The van der Waals surface area contributed by atoms with Gasteiger partial charge in [-0.05, 0) is 19.1 Å². The molecule has 0 unspecified atom stereocenters. The van der Waals surface area contributed by atoms with Crippen LogP contribution in [0.5, 0.6) is 0 Å². The lowest BCUT2D eigenvalue weighted by molar-refractivity contribution is -0.136. The minimum absolute atomic E-state index is 0.226. The highest BCUT2D eigenvalue weighted by atomic mass is 19.4. The van der Waals surface area contributed by atoms with Gasteiger partial charge in [-0.1, -0.05) is 12.1 Å². The Morgan fingerprint density at radius 2 is 1.95 bits per heavy atom. The van der Waals surface area contributed by atoms with Gasteiger partial charge in [0, 0.05) is 11.8 Å². The highest BCUT2D eigenvalue weighted by molar-refractivity contribution is 5.99. The normalized spacial score (nSPS) is 11.2. The van der Waals surface area contributed by atoms with Gasteiger partial charge in [0.05, 0.1) is 11.3 Å². The van der Waals surface area contributed by atoms with Gasteiger partial charge in [-0.2, -0.15) is 18.3 Å². The molecule has 1 aromatic carbocycles. The maximum atomic E-state index is 12.7. The zero-order valence-corrected chi connectivity index (χ0v) is 10.4. The van der Waals surface area contributed by atoms with Crippen molar-refractivity contribution < 1.29 is 18.0 Å². The number of aromatic amines is 1. The van der Waals surface area contributed by atoms with Gasteiger partial charge in [0.2, 0.25) is 0 Å². The number of benzene rings is 1. The summed E-state index contributed by atoms with van der Waals surface area (Å²) in [5.41, 5.74) is -0.505. The van der Waals surface area contributed by atoms with Crippen molar-refractivity contribution in [3.8, 4) is 0 Å². The first-order valence-corrected chi connectivity index (χ1v) is 5.62. The lowest BCUT2D eigenvalue weighted by atomic mass is 10.1. The van der Waals surface area contributed by atoms with Crippen molar-refractivity contribution >= 4 is 17.5 Å². The summed E-state index contributed by atoms with van der Waals surface area (Å²) in [5, 5.41) is 10.8. The van der Waals surface area contributed by atoms with E-state index in [1.165, 1.54) is 18.2 Å². The Labute approximate surface area is 112 Å². The number of nitrogens with zero attached hydrogens (tertiary/aromatic N) is 1. The molecule has 1 aromatic heterocycles. The second-order valence-corrected chi connectivity index (χ2v) is 4.06. The first kappa shape index (κ1) is 13.9. The van der Waals surface area contributed by atoms with Crippen molar-refractivity contribution in [2.75, 3.05) is 10.6 Å². The van der Waals surface area contributed by atoms with E-state index in [9.17, 15) is 18.0 Å². The third-order valence-corrected chi connectivity index (χ3v) is 2.43. The summed E-state index contributed by atoms with van der Waals surface area (Å²) in [5.74, 6) is 0.226. The average molecular weight is 284 g/mol. The molecule has 2 aromatic rings. The van der Waals surface area contributed by atoms with Crippen LogP contribution in [0, 0.1) is 6.92 Å². The number of nitrogens with one attached hydrogen (secondary N) is 3. The number of carbonyl (C=O) groups is 1. The molecule has 3 N–H and O–H groups in total. The molecule has 1 heterocycles. The molecule has 2 amide bonds. The van der Waals surface area contributed by atoms with Crippen molar-refractivity contribution in [3.05, 3.63) is 41.6 Å². The zero-order chi connectivity index (χ0) is 14.8. The van der Waals surface area contributed by atoms with Crippen molar-refractivity contribution in [3.63, 3.8) is 0 Å². The number of amides is 2. The Bertz CT molecular complexity index is 621. The first-order valence-electron chi connectivity index (χ1n) is 5.62. The van der Waals surface area contributed by atoms with Crippen LogP contribution >= 0.6 is 0 Å². The van der Waals surface area contributed by atoms with Crippen LogP contribution in [0.15, 0.2) is 30.3 Å². The van der Waals surface area contributed by atoms with Crippen LogP contribution < -0.4 is 10.6 Å². The molecule has 0 radical (unpaired) electrons. The second-order valence-electron chi connectivity index (χ2n) is 4.06. The number of anilines is 2. The van der Waals surface area contributed by atoms with Crippen molar-refractivity contribution in [2.24, 2.45) is 0 Å².